The van der Waals surface area contributed by atoms with Crippen LogP contribution in [0.3, 0.4) is 0 Å². The molecular formula is C13H19CsF3NO2. The van der Waals surface area contributed by atoms with Gasteiger partial charge in [-0.25, -0.2) is 0 Å². The van der Waals surface area contributed by atoms with Gasteiger partial charge in [0.25, 0.3) is 0 Å². The zero-order chi connectivity index (χ0) is 14.2. The zero-order valence-corrected chi connectivity index (χ0v) is 18.2. The van der Waals surface area contributed by atoms with Crippen LogP contribution in [0.4, 0.5) is 13.2 Å². The largest absolute Gasteiger partial charge is 1.00 e. The molecule has 0 radical (unpaired) electrons. The third-order valence-electron chi connectivity index (χ3n) is 2.19. The number of carbonyl (C=O) groups is 1. The molecule has 0 aliphatic heterocycles. The van der Waals surface area contributed by atoms with Gasteiger partial charge in [0.05, 0.1) is 5.92 Å². The smallest absolute Gasteiger partial charge is 0.481 e. The van der Waals surface area contributed by atoms with Gasteiger partial charge in [-0.3, -0.25) is 9.79 Å². The monoisotopic (exact) mass is 411 g/mol. The van der Waals surface area contributed by atoms with E-state index < -0.39 is 18.1 Å². The first-order valence-corrected chi connectivity index (χ1v) is 5.37. The van der Waals surface area contributed by atoms with E-state index in [0.717, 1.165) is 5.57 Å². The van der Waals surface area contributed by atoms with Gasteiger partial charge >= 0.3 is 81.0 Å². The predicted octanol–water partition coefficient (Wildman–Crippen LogP) is 1.03. The normalized spacial score (nSPS) is 13.8. The van der Waals surface area contributed by atoms with Crippen molar-refractivity contribution < 1.29 is 92.0 Å². The molecule has 1 aliphatic rings. The fourth-order valence-corrected chi connectivity index (χ4v) is 0.999. The van der Waals surface area contributed by atoms with Gasteiger partial charge in [0.15, 0.2) is 0 Å². The Hall–Kier alpha value is 0.462. The first-order chi connectivity index (χ1) is 8.31. The number of aliphatic carboxylic acids is 1. The summed E-state index contributed by atoms with van der Waals surface area (Å²) < 4.78 is 33.7. The number of hydrogen-bond acceptors (Lipinski definition) is 2. The molecule has 1 N–H and O–H groups in total. The molecule has 0 aromatic heterocycles. The van der Waals surface area contributed by atoms with E-state index in [0.29, 0.717) is 19.3 Å². The van der Waals surface area contributed by atoms with E-state index in [9.17, 15) is 18.0 Å². The number of rotatable bonds is 5. The fraction of sp³-hybridized carbons (Fsp3) is 0.462. The van der Waals surface area contributed by atoms with Crippen LogP contribution in [0.2, 0.25) is 0 Å². The number of allylic oxidation sites excluding steroid dienone is 2. The van der Waals surface area contributed by atoms with Crippen molar-refractivity contribution in [2.75, 3.05) is 0 Å². The molecule has 3 nitrogen and oxygen atoms in total. The van der Waals surface area contributed by atoms with E-state index in [1.807, 2.05) is 0 Å². The second-order valence-electron chi connectivity index (χ2n) is 3.80. The summed E-state index contributed by atoms with van der Waals surface area (Å²) in [7, 11) is 0. The number of halogens is 3. The molecule has 1 rings (SSSR count). The second kappa shape index (κ2) is 13.1. The summed E-state index contributed by atoms with van der Waals surface area (Å²) in [5.74, 6) is -1.77. The van der Waals surface area contributed by atoms with E-state index in [2.05, 4.69) is 18.3 Å². The first-order valence-electron chi connectivity index (χ1n) is 5.37. The van der Waals surface area contributed by atoms with Crippen LogP contribution in [0, 0.1) is 13.3 Å². The summed E-state index contributed by atoms with van der Waals surface area (Å²) in [6.45, 7) is 6.76. The summed E-state index contributed by atoms with van der Waals surface area (Å²) in [6, 6.07) is 0. The fourth-order valence-electron chi connectivity index (χ4n) is 0.999. The van der Waals surface area contributed by atoms with Crippen molar-refractivity contribution in [3.05, 3.63) is 31.9 Å². The first kappa shape index (κ1) is 25.4. The van der Waals surface area contributed by atoms with Gasteiger partial charge in [-0.15, -0.1) is 0 Å². The molecule has 1 saturated carbocycles. The number of aliphatic imine (C=N–C) groups is 1. The third-order valence-corrected chi connectivity index (χ3v) is 2.19. The molecule has 0 unspecified atom stereocenters. The molecule has 1 fully saturated rings. The van der Waals surface area contributed by atoms with Crippen molar-refractivity contribution in [2.24, 2.45) is 10.9 Å². The van der Waals surface area contributed by atoms with E-state index in [1.165, 1.54) is 6.20 Å². The average Bonchev–Trinajstić information content (AvgIpc) is 3.07. The summed E-state index contributed by atoms with van der Waals surface area (Å²) in [6.07, 6.45) is 0.464. The number of alkyl halides is 3. The maximum Gasteiger partial charge on any atom is 1.00 e. The van der Waals surface area contributed by atoms with Crippen molar-refractivity contribution in [3.63, 3.8) is 0 Å². The molecule has 0 aromatic carbocycles. The van der Waals surface area contributed by atoms with Gasteiger partial charge in [0.2, 0.25) is 0 Å². The molecule has 0 atom stereocenters. The van der Waals surface area contributed by atoms with E-state index in [-0.39, 0.29) is 82.7 Å². The van der Waals surface area contributed by atoms with Crippen LogP contribution < -0.4 is 68.9 Å². The Morgan fingerprint density at radius 2 is 1.85 bits per heavy atom. The van der Waals surface area contributed by atoms with E-state index >= 15 is 0 Å². The van der Waals surface area contributed by atoms with Crippen molar-refractivity contribution in [1.29, 1.82) is 0 Å². The van der Waals surface area contributed by atoms with Crippen LogP contribution >= 0.6 is 0 Å². The number of nitrogens with zero attached hydrogens (tertiary/aromatic N) is 1. The Morgan fingerprint density at radius 3 is 2.05 bits per heavy atom. The van der Waals surface area contributed by atoms with Crippen molar-refractivity contribution >= 4 is 12.7 Å². The molecule has 1 aliphatic carbocycles. The van der Waals surface area contributed by atoms with Gasteiger partial charge in [-0.05, 0) is 31.6 Å². The Bertz CT molecular complexity index is 337. The molecule has 0 spiro atoms. The Balaban J connectivity index is -0.000000280. The molecule has 0 saturated heterocycles. The van der Waals surface area contributed by atoms with Crippen LogP contribution in [0.25, 0.3) is 0 Å². The minimum atomic E-state index is -3.89. The minimum absolute atomic E-state index is 0. The molecule has 0 aromatic rings. The number of carboxylic acid groups (broad SMARTS) is 1. The standard InChI is InChI=1S/C8H11NO2.C4H5F3.CH3.Cs/c1-3-7(6-9-2)4-5-8(10)11;5-4(6,7)3-1-2-3;;/h3,6H,1-2,4-5H2,(H,10,11);3H,1-2H2;1H3;/q;;-1;+1/b7-6+;;;. The summed E-state index contributed by atoms with van der Waals surface area (Å²) in [5.41, 5.74) is 0.794. The minimum Gasteiger partial charge on any atom is -0.481 e. The third kappa shape index (κ3) is 14.9. The Labute approximate surface area is 176 Å². The van der Waals surface area contributed by atoms with Gasteiger partial charge in [0, 0.05) is 12.6 Å². The second-order valence-corrected chi connectivity index (χ2v) is 3.80. The SMILES string of the molecule is C=C/C(=C\N=C)CCC(=O)O.FC(F)(F)C1CC1.[CH3-].[Cs+]. The number of carboxylic acids is 1. The van der Waals surface area contributed by atoms with Crippen LogP contribution in [0.5, 0.6) is 0 Å². The van der Waals surface area contributed by atoms with Gasteiger partial charge in [-0.1, -0.05) is 12.7 Å². The zero-order valence-electron chi connectivity index (χ0n) is 11.9. The summed E-state index contributed by atoms with van der Waals surface area (Å²) in [4.78, 5) is 13.6. The molecule has 7 heteroatoms. The van der Waals surface area contributed by atoms with Crippen LogP contribution in [-0.4, -0.2) is 24.0 Å². The summed E-state index contributed by atoms with van der Waals surface area (Å²) in [5, 5.41) is 8.32. The molecule has 0 bridgehead atoms. The van der Waals surface area contributed by atoms with Crippen molar-refractivity contribution in [1.82, 2.24) is 0 Å². The molecular weight excluding hydrogens is 392 g/mol. The van der Waals surface area contributed by atoms with E-state index in [4.69, 9.17) is 5.11 Å². The van der Waals surface area contributed by atoms with Gasteiger partial charge < -0.3 is 12.5 Å². The molecule has 0 heterocycles. The van der Waals surface area contributed by atoms with Crippen LogP contribution in [-0.2, 0) is 4.79 Å². The molecule has 20 heavy (non-hydrogen) atoms. The predicted molar refractivity (Wildman–Crippen MR) is 69.9 cm³/mol. The van der Waals surface area contributed by atoms with Crippen molar-refractivity contribution in [2.45, 2.75) is 31.9 Å². The number of hydrogen-bond donors (Lipinski definition) is 1. The van der Waals surface area contributed by atoms with Crippen LogP contribution in [0.15, 0.2) is 29.4 Å². The average molecular weight is 411 g/mol. The quantitative estimate of drug-likeness (QED) is 0.418. The molecule has 0 amide bonds. The molecule has 110 valence electrons. The maximum absolute atomic E-state index is 11.2. The van der Waals surface area contributed by atoms with Crippen molar-refractivity contribution in [3.8, 4) is 0 Å². The Kier molecular flexibility index (Phi) is 16.7. The van der Waals surface area contributed by atoms with Crippen LogP contribution in [0.1, 0.15) is 25.7 Å². The Morgan fingerprint density at radius 1 is 1.35 bits per heavy atom. The van der Waals surface area contributed by atoms with Gasteiger partial charge in [0.1, 0.15) is 0 Å². The summed E-state index contributed by atoms with van der Waals surface area (Å²) >= 11 is 0. The van der Waals surface area contributed by atoms with Gasteiger partial charge in [-0.2, -0.15) is 13.2 Å². The maximum atomic E-state index is 11.2. The van der Waals surface area contributed by atoms with E-state index in [1.54, 1.807) is 6.08 Å². The topological polar surface area (TPSA) is 49.7 Å².